The minimum atomic E-state index is 0.249. The van der Waals surface area contributed by atoms with E-state index in [1.807, 2.05) is 35.2 Å². The summed E-state index contributed by atoms with van der Waals surface area (Å²) < 4.78 is 0. The van der Waals surface area contributed by atoms with Gasteiger partial charge in [0.25, 0.3) is 0 Å². The lowest BCUT2D eigenvalue weighted by atomic mass is 9.82. The molecule has 1 fully saturated rings. The molecule has 1 aliphatic rings. The zero-order chi connectivity index (χ0) is 12.8. The van der Waals surface area contributed by atoms with Crippen LogP contribution in [0.5, 0.6) is 0 Å². The Kier molecular flexibility index (Phi) is 4.76. The van der Waals surface area contributed by atoms with Gasteiger partial charge in [-0.15, -0.1) is 0 Å². The third kappa shape index (κ3) is 3.33. The van der Waals surface area contributed by atoms with E-state index in [1.54, 1.807) is 0 Å². The van der Waals surface area contributed by atoms with Crippen LogP contribution in [-0.2, 0) is 4.79 Å². The fourth-order valence-electron chi connectivity index (χ4n) is 2.31. The van der Waals surface area contributed by atoms with Gasteiger partial charge < -0.3 is 10.6 Å². The monoisotopic (exact) mass is 246 g/mol. The first kappa shape index (κ1) is 13.1. The predicted molar refractivity (Wildman–Crippen MR) is 74.4 cm³/mol. The van der Waals surface area contributed by atoms with Crippen molar-refractivity contribution in [2.24, 2.45) is 11.7 Å². The second kappa shape index (κ2) is 6.55. The first-order valence-corrected chi connectivity index (χ1v) is 6.86. The highest BCUT2D eigenvalue weighted by atomic mass is 16.2. The van der Waals surface area contributed by atoms with Crippen molar-refractivity contribution >= 4 is 11.6 Å². The van der Waals surface area contributed by atoms with E-state index < -0.39 is 0 Å². The third-order valence-electron chi connectivity index (χ3n) is 3.64. The van der Waals surface area contributed by atoms with Gasteiger partial charge in [0.15, 0.2) is 0 Å². The van der Waals surface area contributed by atoms with Crippen LogP contribution >= 0.6 is 0 Å². The number of carbonyl (C=O) groups excluding carboxylic acids is 1. The molecule has 3 heteroatoms. The van der Waals surface area contributed by atoms with Crippen molar-refractivity contribution in [1.82, 2.24) is 0 Å². The predicted octanol–water partition coefficient (Wildman–Crippen LogP) is 2.56. The average molecular weight is 246 g/mol. The molecule has 0 atom stereocenters. The van der Waals surface area contributed by atoms with Gasteiger partial charge in [-0.2, -0.15) is 0 Å². The van der Waals surface area contributed by atoms with Crippen molar-refractivity contribution < 1.29 is 4.79 Å². The Morgan fingerprint density at radius 2 is 2.00 bits per heavy atom. The van der Waals surface area contributed by atoms with E-state index in [0.29, 0.717) is 18.9 Å². The quantitative estimate of drug-likeness (QED) is 0.838. The van der Waals surface area contributed by atoms with Crippen LogP contribution in [0.15, 0.2) is 30.3 Å². The number of nitrogens with two attached hydrogens (primary N) is 1. The number of carbonyl (C=O) groups is 1. The molecule has 0 aliphatic heterocycles. The fourth-order valence-corrected chi connectivity index (χ4v) is 2.31. The van der Waals surface area contributed by atoms with Gasteiger partial charge in [-0.05, 0) is 43.9 Å². The van der Waals surface area contributed by atoms with Crippen molar-refractivity contribution in [3.63, 3.8) is 0 Å². The molecular weight excluding hydrogens is 224 g/mol. The second-order valence-electron chi connectivity index (χ2n) is 5.02. The molecule has 18 heavy (non-hydrogen) atoms. The van der Waals surface area contributed by atoms with Crippen molar-refractivity contribution in [3.8, 4) is 0 Å². The number of amides is 1. The minimum absolute atomic E-state index is 0.249. The molecule has 1 aromatic rings. The lowest BCUT2D eigenvalue weighted by Gasteiger charge is -2.29. The van der Waals surface area contributed by atoms with E-state index in [9.17, 15) is 4.79 Å². The lowest BCUT2D eigenvalue weighted by Crippen LogP contribution is -2.35. The van der Waals surface area contributed by atoms with Crippen LogP contribution in [0.2, 0.25) is 0 Å². The summed E-state index contributed by atoms with van der Waals surface area (Å²) in [6.07, 6.45) is 5.26. The molecule has 1 saturated carbocycles. The number of benzene rings is 1. The van der Waals surface area contributed by atoms with Crippen molar-refractivity contribution in [2.45, 2.75) is 32.1 Å². The smallest absolute Gasteiger partial charge is 0.227 e. The molecule has 98 valence electrons. The van der Waals surface area contributed by atoms with Gasteiger partial charge in [0.1, 0.15) is 0 Å². The number of rotatable bonds is 6. The number of hydrogen-bond acceptors (Lipinski definition) is 2. The second-order valence-corrected chi connectivity index (χ2v) is 5.02. The van der Waals surface area contributed by atoms with Gasteiger partial charge >= 0.3 is 0 Å². The van der Waals surface area contributed by atoms with Gasteiger partial charge in [0, 0.05) is 18.7 Å². The largest absolute Gasteiger partial charge is 0.330 e. The fraction of sp³-hybridized carbons (Fsp3) is 0.533. The van der Waals surface area contributed by atoms with E-state index >= 15 is 0 Å². The SMILES string of the molecule is NCCCN(C(=O)CC1CCC1)c1ccccc1. The maximum absolute atomic E-state index is 12.3. The molecule has 0 spiro atoms. The van der Waals surface area contributed by atoms with E-state index in [1.165, 1.54) is 19.3 Å². The lowest BCUT2D eigenvalue weighted by molar-refractivity contribution is -0.120. The number of anilines is 1. The van der Waals surface area contributed by atoms with Crippen molar-refractivity contribution in [3.05, 3.63) is 30.3 Å². The standard InChI is InChI=1S/C15H22N2O/c16-10-5-11-17(14-8-2-1-3-9-14)15(18)12-13-6-4-7-13/h1-3,8-9,13H,4-7,10-12,16H2. The van der Waals surface area contributed by atoms with E-state index in [4.69, 9.17) is 5.73 Å². The van der Waals surface area contributed by atoms with Crippen LogP contribution < -0.4 is 10.6 Å². The van der Waals surface area contributed by atoms with Crippen LogP contribution in [0.1, 0.15) is 32.1 Å². The summed E-state index contributed by atoms with van der Waals surface area (Å²) in [4.78, 5) is 14.2. The molecule has 0 heterocycles. The molecule has 0 bridgehead atoms. The number of nitrogens with zero attached hydrogens (tertiary/aromatic N) is 1. The van der Waals surface area contributed by atoms with Gasteiger partial charge in [0.2, 0.25) is 5.91 Å². The molecule has 1 aliphatic carbocycles. The molecule has 0 radical (unpaired) electrons. The molecule has 0 aromatic heterocycles. The zero-order valence-corrected chi connectivity index (χ0v) is 10.8. The molecule has 1 amide bonds. The Hall–Kier alpha value is -1.35. The Bertz CT molecular complexity index is 373. The summed E-state index contributed by atoms with van der Waals surface area (Å²) >= 11 is 0. The molecule has 1 aromatic carbocycles. The average Bonchev–Trinajstić information content (AvgIpc) is 2.36. The van der Waals surface area contributed by atoms with Gasteiger partial charge in [-0.1, -0.05) is 24.6 Å². The summed E-state index contributed by atoms with van der Waals surface area (Å²) in [5, 5.41) is 0. The highest BCUT2D eigenvalue weighted by Crippen LogP contribution is 2.30. The van der Waals surface area contributed by atoms with E-state index in [2.05, 4.69) is 0 Å². The summed E-state index contributed by atoms with van der Waals surface area (Å²) in [7, 11) is 0. The Labute approximate surface area is 109 Å². The van der Waals surface area contributed by atoms with Gasteiger partial charge in [-0.3, -0.25) is 4.79 Å². The Morgan fingerprint density at radius 3 is 2.56 bits per heavy atom. The van der Waals surface area contributed by atoms with Crippen molar-refractivity contribution in [1.29, 1.82) is 0 Å². The van der Waals surface area contributed by atoms with Gasteiger partial charge in [0.05, 0.1) is 0 Å². The summed E-state index contributed by atoms with van der Waals surface area (Å²) in [6.45, 7) is 1.35. The number of para-hydroxylation sites is 1. The summed E-state index contributed by atoms with van der Waals surface area (Å²) in [5.74, 6) is 0.862. The highest BCUT2D eigenvalue weighted by molar-refractivity contribution is 5.93. The highest BCUT2D eigenvalue weighted by Gasteiger charge is 2.24. The molecule has 2 rings (SSSR count). The summed E-state index contributed by atoms with van der Waals surface area (Å²) in [6, 6.07) is 9.91. The Morgan fingerprint density at radius 1 is 1.28 bits per heavy atom. The topological polar surface area (TPSA) is 46.3 Å². The molecular formula is C15H22N2O. The Balaban J connectivity index is 2.01. The maximum Gasteiger partial charge on any atom is 0.227 e. The minimum Gasteiger partial charge on any atom is -0.330 e. The van der Waals surface area contributed by atoms with Crippen LogP contribution in [-0.4, -0.2) is 19.0 Å². The van der Waals surface area contributed by atoms with Crippen LogP contribution in [0.4, 0.5) is 5.69 Å². The first-order valence-electron chi connectivity index (χ1n) is 6.86. The van der Waals surface area contributed by atoms with Crippen LogP contribution in [0.3, 0.4) is 0 Å². The first-order chi connectivity index (χ1) is 8.81. The molecule has 0 saturated heterocycles. The number of hydrogen-bond donors (Lipinski definition) is 1. The van der Waals surface area contributed by atoms with Crippen LogP contribution in [0, 0.1) is 5.92 Å². The normalized spacial score (nSPS) is 15.2. The van der Waals surface area contributed by atoms with Crippen molar-refractivity contribution in [2.75, 3.05) is 18.0 Å². The summed E-state index contributed by atoms with van der Waals surface area (Å²) in [5.41, 5.74) is 6.55. The van der Waals surface area contributed by atoms with Crippen LogP contribution in [0.25, 0.3) is 0 Å². The van der Waals surface area contributed by atoms with Gasteiger partial charge in [-0.25, -0.2) is 0 Å². The molecule has 2 N–H and O–H groups in total. The molecule has 3 nitrogen and oxygen atoms in total. The maximum atomic E-state index is 12.3. The zero-order valence-electron chi connectivity index (χ0n) is 10.8. The van der Waals surface area contributed by atoms with E-state index in [0.717, 1.165) is 18.7 Å². The van der Waals surface area contributed by atoms with E-state index in [-0.39, 0.29) is 5.91 Å². The molecule has 0 unspecified atom stereocenters. The third-order valence-corrected chi connectivity index (χ3v) is 3.64.